The van der Waals surface area contributed by atoms with Gasteiger partial charge in [0.1, 0.15) is 0 Å². The van der Waals surface area contributed by atoms with Crippen molar-refractivity contribution in [3.63, 3.8) is 0 Å². The number of nitrogens with one attached hydrogen (secondary N) is 1. The fourth-order valence-electron chi connectivity index (χ4n) is 4.55. The van der Waals surface area contributed by atoms with Crippen molar-refractivity contribution >= 4 is 39.1 Å². The van der Waals surface area contributed by atoms with Crippen molar-refractivity contribution in [2.24, 2.45) is 0 Å². The maximum Gasteiger partial charge on any atom is 0.277 e. The number of benzene rings is 3. The lowest BCUT2D eigenvalue weighted by molar-refractivity contribution is -0.384. The van der Waals surface area contributed by atoms with Gasteiger partial charge >= 0.3 is 0 Å². The summed E-state index contributed by atoms with van der Waals surface area (Å²) in [4.78, 5) is 25.2. The van der Waals surface area contributed by atoms with E-state index < -0.39 is 4.92 Å². The lowest BCUT2D eigenvalue weighted by atomic mass is 10.0. The first-order valence-electron chi connectivity index (χ1n) is 11.1. The van der Waals surface area contributed by atoms with Crippen molar-refractivity contribution in [2.75, 3.05) is 5.32 Å². The summed E-state index contributed by atoms with van der Waals surface area (Å²) in [7, 11) is 0. The number of aromatic nitrogens is 1. The third-order valence-corrected chi connectivity index (χ3v) is 6.12. The van der Waals surface area contributed by atoms with Gasteiger partial charge < -0.3 is 14.3 Å². The second kappa shape index (κ2) is 8.19. The molecule has 0 radical (unpaired) electrons. The topological polar surface area (TPSA) is 90.3 Å². The van der Waals surface area contributed by atoms with E-state index >= 15 is 0 Å². The molecule has 7 heteroatoms. The number of anilines is 2. The molecule has 0 fully saturated rings. The number of aryl methyl sites for hydroxylation is 3. The van der Waals surface area contributed by atoms with Crippen LogP contribution in [0.15, 0.2) is 75.9 Å². The molecule has 0 saturated heterocycles. The number of rotatable bonds is 5. The number of hydrogen-bond donors (Lipinski definition) is 1. The first-order chi connectivity index (χ1) is 16.4. The van der Waals surface area contributed by atoms with Gasteiger partial charge in [-0.3, -0.25) is 14.9 Å². The van der Waals surface area contributed by atoms with Gasteiger partial charge in [-0.15, -0.1) is 0 Å². The molecular formula is C27H23N3O4. The van der Waals surface area contributed by atoms with E-state index in [9.17, 15) is 14.9 Å². The third kappa shape index (κ3) is 3.33. The number of fused-ring (bicyclic) bond motifs is 3. The Hall–Kier alpha value is -4.39. The third-order valence-electron chi connectivity index (χ3n) is 6.12. The molecule has 0 unspecified atom stereocenters. The molecule has 2 heterocycles. The fourth-order valence-corrected chi connectivity index (χ4v) is 4.55. The Labute approximate surface area is 195 Å². The Kier molecular flexibility index (Phi) is 5.17. The van der Waals surface area contributed by atoms with Crippen molar-refractivity contribution in [1.82, 2.24) is 4.57 Å². The van der Waals surface area contributed by atoms with Crippen LogP contribution in [0.4, 0.5) is 17.3 Å². The van der Waals surface area contributed by atoms with E-state index in [-0.39, 0.29) is 11.2 Å². The molecule has 1 N–H and O–H groups in total. The standard InChI is InChI=1S/C27H23N3O4/c1-4-29-21-11-7-6-10-19(21)25-24(27(29)31)23(18-9-5-8-12-22(18)30(32)33)26(34-25)28-20-14-13-16(2)15-17(20)3/h5-15,28H,4H2,1-3H3. The SMILES string of the molecule is CCn1c(=O)c2c(-c3ccccc3[N+](=O)[O-])c(Nc3ccc(C)cc3C)oc2c2ccccc21. The minimum Gasteiger partial charge on any atom is -0.439 e. The molecule has 2 aromatic heterocycles. The first kappa shape index (κ1) is 21.5. The lowest BCUT2D eigenvalue weighted by Crippen LogP contribution is -2.19. The van der Waals surface area contributed by atoms with Crippen molar-refractivity contribution in [3.05, 3.63) is 98.3 Å². The van der Waals surface area contributed by atoms with E-state index in [1.165, 1.54) is 6.07 Å². The summed E-state index contributed by atoms with van der Waals surface area (Å²) >= 11 is 0. The predicted molar refractivity (Wildman–Crippen MR) is 135 cm³/mol. The molecular weight excluding hydrogens is 430 g/mol. The predicted octanol–water partition coefficient (Wildman–Crippen LogP) is 6.70. The summed E-state index contributed by atoms with van der Waals surface area (Å²) in [6.07, 6.45) is 0. The molecule has 7 nitrogen and oxygen atoms in total. The maximum absolute atomic E-state index is 13.7. The highest BCUT2D eigenvalue weighted by Gasteiger charge is 2.27. The van der Waals surface area contributed by atoms with E-state index in [0.29, 0.717) is 34.5 Å². The van der Waals surface area contributed by atoms with Gasteiger partial charge in [-0.05, 0) is 50.6 Å². The molecule has 3 aromatic carbocycles. The van der Waals surface area contributed by atoms with E-state index in [1.54, 1.807) is 22.8 Å². The minimum absolute atomic E-state index is 0.0931. The second-order valence-electron chi connectivity index (χ2n) is 8.29. The van der Waals surface area contributed by atoms with Gasteiger partial charge in [-0.2, -0.15) is 0 Å². The van der Waals surface area contributed by atoms with Crippen molar-refractivity contribution in [2.45, 2.75) is 27.3 Å². The average molecular weight is 453 g/mol. The molecule has 0 atom stereocenters. The zero-order valence-electron chi connectivity index (χ0n) is 19.1. The molecule has 0 spiro atoms. The van der Waals surface area contributed by atoms with Crippen molar-refractivity contribution < 1.29 is 9.34 Å². The Balaban J connectivity index is 1.92. The number of hydrogen-bond acceptors (Lipinski definition) is 5. The first-order valence-corrected chi connectivity index (χ1v) is 11.1. The average Bonchev–Trinajstić information content (AvgIpc) is 3.21. The molecule has 0 saturated carbocycles. The molecule has 0 aliphatic carbocycles. The zero-order chi connectivity index (χ0) is 24.0. The Morgan fingerprint density at radius 3 is 2.50 bits per heavy atom. The summed E-state index contributed by atoms with van der Waals surface area (Å²) in [6, 6.07) is 19.9. The molecule has 0 aliphatic heterocycles. The highest BCUT2D eigenvalue weighted by molar-refractivity contribution is 6.12. The van der Waals surface area contributed by atoms with Crippen LogP contribution in [0.5, 0.6) is 0 Å². The van der Waals surface area contributed by atoms with E-state index in [0.717, 1.165) is 27.7 Å². The molecule has 5 rings (SSSR count). The number of nitro benzene ring substituents is 1. The smallest absolute Gasteiger partial charge is 0.277 e. The highest BCUT2D eigenvalue weighted by Crippen LogP contribution is 2.44. The number of nitro groups is 1. The van der Waals surface area contributed by atoms with Gasteiger partial charge in [-0.25, -0.2) is 0 Å². The Morgan fingerprint density at radius 2 is 1.76 bits per heavy atom. The molecule has 34 heavy (non-hydrogen) atoms. The number of furan rings is 1. The number of nitrogens with zero attached hydrogens (tertiary/aromatic N) is 2. The monoisotopic (exact) mass is 453 g/mol. The summed E-state index contributed by atoms with van der Waals surface area (Å²) < 4.78 is 8.00. The van der Waals surface area contributed by atoms with Crippen molar-refractivity contribution in [1.29, 1.82) is 0 Å². The lowest BCUT2D eigenvalue weighted by Gasteiger charge is -2.10. The number of pyridine rings is 1. The molecule has 0 aliphatic rings. The van der Waals surface area contributed by atoms with Crippen LogP contribution in [-0.2, 0) is 6.54 Å². The van der Waals surface area contributed by atoms with Crippen LogP contribution in [0.3, 0.4) is 0 Å². The van der Waals surface area contributed by atoms with Gasteiger partial charge in [-0.1, -0.05) is 42.0 Å². The van der Waals surface area contributed by atoms with Crippen LogP contribution in [0, 0.1) is 24.0 Å². The van der Waals surface area contributed by atoms with Gasteiger partial charge in [0.05, 0.1) is 27.0 Å². The molecule has 5 aromatic rings. The van der Waals surface area contributed by atoms with E-state index in [4.69, 9.17) is 4.42 Å². The molecule has 170 valence electrons. The fraction of sp³-hybridized carbons (Fsp3) is 0.148. The zero-order valence-corrected chi connectivity index (χ0v) is 19.1. The number of para-hydroxylation sites is 2. The van der Waals surface area contributed by atoms with E-state index in [2.05, 4.69) is 5.32 Å². The summed E-state index contributed by atoms with van der Waals surface area (Å²) in [5.41, 5.74) is 4.44. The molecule has 0 bridgehead atoms. The minimum atomic E-state index is -0.436. The highest BCUT2D eigenvalue weighted by atomic mass is 16.6. The summed E-state index contributed by atoms with van der Waals surface area (Å²) in [5.74, 6) is 0.298. The second-order valence-corrected chi connectivity index (χ2v) is 8.29. The maximum atomic E-state index is 13.7. The van der Waals surface area contributed by atoms with E-state index in [1.807, 2.05) is 63.2 Å². The van der Waals surface area contributed by atoms with Crippen LogP contribution in [0.25, 0.3) is 33.0 Å². The largest absolute Gasteiger partial charge is 0.439 e. The van der Waals surface area contributed by atoms with Crippen LogP contribution < -0.4 is 10.9 Å². The summed E-state index contributed by atoms with van der Waals surface area (Å²) in [6.45, 7) is 6.34. The van der Waals surface area contributed by atoms with Gasteiger partial charge in [0.25, 0.3) is 11.2 Å². The van der Waals surface area contributed by atoms with Crippen molar-refractivity contribution in [3.8, 4) is 11.1 Å². The normalized spacial score (nSPS) is 11.3. The van der Waals surface area contributed by atoms with Gasteiger partial charge in [0.2, 0.25) is 5.88 Å². The van der Waals surface area contributed by atoms with Crippen LogP contribution in [0.1, 0.15) is 18.1 Å². The quantitative estimate of drug-likeness (QED) is 0.236. The van der Waals surface area contributed by atoms with Crippen LogP contribution >= 0.6 is 0 Å². The van der Waals surface area contributed by atoms with Gasteiger partial charge in [0, 0.05) is 23.7 Å². The Bertz CT molecular complexity index is 1650. The van der Waals surface area contributed by atoms with Crippen LogP contribution in [-0.4, -0.2) is 9.49 Å². The van der Waals surface area contributed by atoms with Gasteiger partial charge in [0.15, 0.2) is 5.58 Å². The summed E-state index contributed by atoms with van der Waals surface area (Å²) in [5, 5.41) is 16.3. The Morgan fingerprint density at radius 1 is 1.03 bits per heavy atom. The van der Waals surface area contributed by atoms with Crippen LogP contribution in [0.2, 0.25) is 0 Å². The molecule has 0 amide bonds.